The van der Waals surface area contributed by atoms with Crippen molar-refractivity contribution >= 4 is 6.09 Å². The molecule has 1 aromatic carbocycles. The molecule has 0 saturated carbocycles. The van der Waals surface area contributed by atoms with E-state index in [-0.39, 0.29) is 12.1 Å². The number of rotatable bonds is 9. The molecule has 2 bridgehead atoms. The van der Waals surface area contributed by atoms with Gasteiger partial charge in [0.1, 0.15) is 6.61 Å². The molecule has 0 radical (unpaired) electrons. The molecule has 1 fully saturated rings. The predicted octanol–water partition coefficient (Wildman–Crippen LogP) is 6.24. The molecule has 0 N–H and O–H groups in total. The quantitative estimate of drug-likeness (QED) is 0.388. The van der Waals surface area contributed by atoms with Gasteiger partial charge in [0.05, 0.1) is 6.04 Å². The van der Waals surface area contributed by atoms with E-state index in [1.165, 1.54) is 44.9 Å². The Balaban J connectivity index is 1.44. The van der Waals surface area contributed by atoms with Gasteiger partial charge in [-0.3, -0.25) is 4.90 Å². The molecule has 0 aliphatic carbocycles. The first kappa shape index (κ1) is 19.0. The Morgan fingerprint density at radius 3 is 2.62 bits per heavy atom. The molecule has 1 aromatic rings. The summed E-state index contributed by atoms with van der Waals surface area (Å²) in [5.41, 5.74) is 2.62. The topological polar surface area (TPSA) is 29.5 Å². The smallest absolute Gasteiger partial charge is 0.410 e. The van der Waals surface area contributed by atoms with E-state index in [2.05, 4.69) is 13.0 Å². The maximum atomic E-state index is 12.6. The van der Waals surface area contributed by atoms with Gasteiger partial charge in [0.15, 0.2) is 0 Å². The lowest BCUT2D eigenvalue weighted by molar-refractivity contribution is 0.0814. The third-order valence-electron chi connectivity index (χ3n) is 5.74. The molecule has 2 unspecified atom stereocenters. The van der Waals surface area contributed by atoms with Crippen LogP contribution in [0.1, 0.15) is 76.7 Å². The lowest BCUT2D eigenvalue weighted by Crippen LogP contribution is -2.43. The summed E-state index contributed by atoms with van der Waals surface area (Å²) in [7, 11) is 0. The minimum atomic E-state index is -0.142. The van der Waals surface area contributed by atoms with Crippen LogP contribution in [0.2, 0.25) is 0 Å². The highest BCUT2D eigenvalue weighted by atomic mass is 16.6. The number of nitrogens with zero attached hydrogens (tertiary/aromatic N) is 1. The van der Waals surface area contributed by atoms with Crippen LogP contribution in [0.5, 0.6) is 0 Å². The normalized spacial score (nSPS) is 21.6. The summed E-state index contributed by atoms with van der Waals surface area (Å²) in [6.45, 7) is 2.63. The van der Waals surface area contributed by atoms with Crippen LogP contribution in [0.25, 0.3) is 0 Å². The van der Waals surface area contributed by atoms with E-state index in [1.807, 2.05) is 35.2 Å². The standard InChI is InChI=1S/C23H33NO2/c1-2-3-4-5-6-8-13-20-16-21-14-15-22(17-20)24(21)23(25)26-18-19-11-9-7-10-12-19/h7,9-12,16,21-22H,2-6,8,13-15,17-18H2,1H3. The second-order valence-electron chi connectivity index (χ2n) is 7.79. The largest absolute Gasteiger partial charge is 0.445 e. The highest BCUT2D eigenvalue weighted by Crippen LogP contribution is 2.37. The van der Waals surface area contributed by atoms with Gasteiger partial charge >= 0.3 is 6.09 Å². The molecule has 142 valence electrons. The Bertz CT molecular complexity index is 595. The minimum absolute atomic E-state index is 0.142. The number of benzene rings is 1. The van der Waals surface area contributed by atoms with Crippen LogP contribution < -0.4 is 0 Å². The van der Waals surface area contributed by atoms with E-state index in [4.69, 9.17) is 4.74 Å². The number of carbonyl (C=O) groups is 1. The van der Waals surface area contributed by atoms with Gasteiger partial charge in [-0.1, -0.05) is 81.0 Å². The van der Waals surface area contributed by atoms with Crippen LogP contribution >= 0.6 is 0 Å². The number of hydrogen-bond acceptors (Lipinski definition) is 2. The van der Waals surface area contributed by atoms with Gasteiger partial charge in [0.2, 0.25) is 0 Å². The van der Waals surface area contributed by atoms with Gasteiger partial charge in [0.25, 0.3) is 0 Å². The van der Waals surface area contributed by atoms with Crippen LogP contribution in [0, 0.1) is 0 Å². The third-order valence-corrected chi connectivity index (χ3v) is 5.74. The van der Waals surface area contributed by atoms with E-state index in [1.54, 1.807) is 5.57 Å². The zero-order valence-electron chi connectivity index (χ0n) is 16.2. The summed E-state index contributed by atoms with van der Waals surface area (Å²) in [5.74, 6) is 0. The monoisotopic (exact) mass is 355 g/mol. The van der Waals surface area contributed by atoms with Gasteiger partial charge in [-0.15, -0.1) is 0 Å². The molecule has 2 atom stereocenters. The molecule has 1 saturated heterocycles. The fraction of sp³-hybridized carbons (Fsp3) is 0.609. The molecule has 3 rings (SSSR count). The molecule has 2 aliphatic heterocycles. The Labute approximate surface area is 158 Å². The molecule has 2 aliphatic rings. The summed E-state index contributed by atoms with van der Waals surface area (Å²) >= 11 is 0. The van der Waals surface area contributed by atoms with Crippen molar-refractivity contribution in [3.63, 3.8) is 0 Å². The van der Waals surface area contributed by atoms with E-state index in [0.29, 0.717) is 12.6 Å². The van der Waals surface area contributed by atoms with Gasteiger partial charge in [-0.25, -0.2) is 4.79 Å². The van der Waals surface area contributed by atoms with Crippen molar-refractivity contribution in [1.82, 2.24) is 4.90 Å². The Morgan fingerprint density at radius 1 is 1.08 bits per heavy atom. The number of amides is 1. The summed E-state index contributed by atoms with van der Waals surface area (Å²) in [6, 6.07) is 10.5. The highest BCUT2D eigenvalue weighted by molar-refractivity contribution is 5.70. The Kier molecular flexibility index (Phi) is 7.16. The zero-order chi connectivity index (χ0) is 18.2. The number of hydrogen-bond donors (Lipinski definition) is 0. The average molecular weight is 356 g/mol. The maximum Gasteiger partial charge on any atom is 0.410 e. The van der Waals surface area contributed by atoms with Crippen molar-refractivity contribution in [2.24, 2.45) is 0 Å². The summed E-state index contributed by atoms with van der Waals surface area (Å²) in [5, 5.41) is 0. The van der Waals surface area contributed by atoms with Gasteiger partial charge in [-0.05, 0) is 37.7 Å². The van der Waals surface area contributed by atoms with Gasteiger partial charge in [-0.2, -0.15) is 0 Å². The Hall–Kier alpha value is -1.77. The molecular weight excluding hydrogens is 322 g/mol. The predicted molar refractivity (Wildman–Crippen MR) is 106 cm³/mol. The summed E-state index contributed by atoms with van der Waals surface area (Å²) in [6.07, 6.45) is 14.7. The first-order valence-electron chi connectivity index (χ1n) is 10.5. The van der Waals surface area contributed by atoms with E-state index in [0.717, 1.165) is 24.8 Å². The van der Waals surface area contributed by atoms with E-state index >= 15 is 0 Å². The van der Waals surface area contributed by atoms with E-state index in [9.17, 15) is 4.79 Å². The van der Waals surface area contributed by atoms with Crippen LogP contribution in [0.15, 0.2) is 42.0 Å². The van der Waals surface area contributed by atoms with E-state index < -0.39 is 0 Å². The maximum absolute atomic E-state index is 12.6. The molecule has 3 nitrogen and oxygen atoms in total. The van der Waals surface area contributed by atoms with Crippen molar-refractivity contribution in [3.8, 4) is 0 Å². The fourth-order valence-corrected chi connectivity index (χ4v) is 4.32. The van der Waals surface area contributed by atoms with Crippen LogP contribution in [0.3, 0.4) is 0 Å². The molecule has 2 heterocycles. The minimum Gasteiger partial charge on any atom is -0.445 e. The number of ether oxygens (including phenoxy) is 1. The summed E-state index contributed by atoms with van der Waals surface area (Å²) in [4.78, 5) is 14.6. The number of fused-ring (bicyclic) bond motifs is 2. The average Bonchev–Trinajstić information content (AvgIpc) is 2.94. The SMILES string of the molecule is CCCCCCCCC1=CC2CCC(C1)N2C(=O)OCc1ccccc1. The van der Waals surface area contributed by atoms with Crippen molar-refractivity contribution in [3.05, 3.63) is 47.5 Å². The lowest BCUT2D eigenvalue weighted by Gasteiger charge is -2.33. The highest BCUT2D eigenvalue weighted by Gasteiger charge is 2.40. The fourth-order valence-electron chi connectivity index (χ4n) is 4.32. The van der Waals surface area contributed by atoms with Crippen LogP contribution in [-0.4, -0.2) is 23.1 Å². The van der Waals surface area contributed by atoms with Crippen molar-refractivity contribution in [2.45, 2.75) is 89.8 Å². The molecule has 0 aromatic heterocycles. The molecule has 0 spiro atoms. The summed E-state index contributed by atoms with van der Waals surface area (Å²) < 4.78 is 5.58. The van der Waals surface area contributed by atoms with Gasteiger partial charge in [0, 0.05) is 6.04 Å². The van der Waals surface area contributed by atoms with Crippen molar-refractivity contribution in [2.75, 3.05) is 0 Å². The Morgan fingerprint density at radius 2 is 1.85 bits per heavy atom. The second kappa shape index (κ2) is 9.80. The number of carbonyl (C=O) groups excluding carboxylic acids is 1. The third kappa shape index (κ3) is 5.12. The van der Waals surface area contributed by atoms with Crippen molar-refractivity contribution < 1.29 is 9.53 Å². The number of unbranched alkanes of at least 4 members (excludes halogenated alkanes) is 5. The van der Waals surface area contributed by atoms with Crippen LogP contribution in [0.4, 0.5) is 4.79 Å². The molecule has 3 heteroatoms. The zero-order valence-corrected chi connectivity index (χ0v) is 16.2. The van der Waals surface area contributed by atoms with Crippen molar-refractivity contribution in [1.29, 1.82) is 0 Å². The van der Waals surface area contributed by atoms with Gasteiger partial charge < -0.3 is 4.74 Å². The molecular formula is C23H33NO2. The lowest BCUT2D eigenvalue weighted by atomic mass is 9.96. The van der Waals surface area contributed by atoms with Crippen LogP contribution in [-0.2, 0) is 11.3 Å². The first-order valence-corrected chi connectivity index (χ1v) is 10.5. The first-order chi connectivity index (χ1) is 12.8. The molecule has 1 amide bonds. The second-order valence-corrected chi connectivity index (χ2v) is 7.79. The molecule has 26 heavy (non-hydrogen) atoms.